The van der Waals surface area contributed by atoms with Gasteiger partial charge in [-0.1, -0.05) is 25.1 Å². The van der Waals surface area contributed by atoms with Crippen LogP contribution in [-0.2, 0) is 28.8 Å². The first-order valence-corrected chi connectivity index (χ1v) is 11.5. The highest BCUT2D eigenvalue weighted by Gasteiger charge is 2.25. The molecule has 1 aliphatic carbocycles. The standard InChI is InChI=1S/C24H25N3O4S/c1-3-16-13(2)20(14-8-4-6-10-17(14)26-16)24(30)31-12-19(28)27-23-21(22(25)29)15-9-5-7-11-18(15)32-23/h4,6,8,10H,3,5,7,9,11-12H2,1-2H3,(H2,25,29)(H,27,28). The summed E-state index contributed by atoms with van der Waals surface area (Å²) in [6.45, 7) is 3.35. The minimum absolute atomic E-state index is 0.382. The number of aryl methyl sites for hydroxylation is 2. The van der Waals surface area contributed by atoms with Crippen LogP contribution in [0.4, 0.5) is 5.00 Å². The van der Waals surface area contributed by atoms with Crippen LogP contribution >= 0.6 is 11.3 Å². The Morgan fingerprint density at radius 1 is 1.16 bits per heavy atom. The summed E-state index contributed by atoms with van der Waals surface area (Å²) in [7, 11) is 0. The van der Waals surface area contributed by atoms with E-state index in [1.807, 2.05) is 38.1 Å². The molecule has 8 heteroatoms. The number of ether oxygens (including phenoxy) is 1. The molecule has 0 aliphatic heterocycles. The number of benzene rings is 1. The number of nitrogens with zero attached hydrogens (tertiary/aromatic N) is 1. The zero-order valence-corrected chi connectivity index (χ0v) is 18.9. The first-order valence-electron chi connectivity index (χ1n) is 10.7. The van der Waals surface area contributed by atoms with Crippen LogP contribution in [0.15, 0.2) is 24.3 Å². The van der Waals surface area contributed by atoms with Gasteiger partial charge < -0.3 is 15.8 Å². The van der Waals surface area contributed by atoms with Crippen molar-refractivity contribution < 1.29 is 19.1 Å². The Labute approximate surface area is 190 Å². The molecule has 4 rings (SSSR count). The van der Waals surface area contributed by atoms with E-state index in [2.05, 4.69) is 10.3 Å². The highest BCUT2D eigenvalue weighted by Crippen LogP contribution is 2.37. The summed E-state index contributed by atoms with van der Waals surface area (Å²) < 4.78 is 5.36. The lowest BCUT2D eigenvalue weighted by atomic mass is 9.95. The van der Waals surface area contributed by atoms with Gasteiger partial charge in [0.15, 0.2) is 6.61 Å². The maximum atomic E-state index is 12.9. The number of aromatic nitrogens is 1. The second-order valence-corrected chi connectivity index (χ2v) is 8.94. The van der Waals surface area contributed by atoms with E-state index in [1.165, 1.54) is 11.3 Å². The third-order valence-electron chi connectivity index (χ3n) is 5.78. The molecule has 3 aromatic rings. The molecule has 7 nitrogen and oxygen atoms in total. The van der Waals surface area contributed by atoms with E-state index in [-0.39, 0.29) is 0 Å². The highest BCUT2D eigenvalue weighted by atomic mass is 32.1. The number of nitrogens with one attached hydrogen (secondary N) is 1. The lowest BCUT2D eigenvalue weighted by Crippen LogP contribution is -2.23. The molecule has 0 saturated carbocycles. The molecule has 32 heavy (non-hydrogen) atoms. The smallest absolute Gasteiger partial charge is 0.339 e. The fraction of sp³-hybridized carbons (Fsp3) is 0.333. The molecule has 2 aromatic heterocycles. The number of fused-ring (bicyclic) bond motifs is 2. The molecule has 166 valence electrons. The fourth-order valence-electron chi connectivity index (χ4n) is 4.25. The maximum Gasteiger partial charge on any atom is 0.339 e. The summed E-state index contributed by atoms with van der Waals surface area (Å²) in [6, 6.07) is 7.37. The zero-order chi connectivity index (χ0) is 22.8. The molecule has 0 spiro atoms. The molecule has 1 aliphatic rings. The summed E-state index contributed by atoms with van der Waals surface area (Å²) >= 11 is 1.38. The number of hydrogen-bond donors (Lipinski definition) is 2. The number of carbonyl (C=O) groups excluding carboxylic acids is 3. The Bertz CT molecular complexity index is 1230. The number of para-hydroxylation sites is 1. The van der Waals surface area contributed by atoms with Crippen LogP contribution in [0.2, 0.25) is 0 Å². The van der Waals surface area contributed by atoms with E-state index < -0.39 is 24.4 Å². The molecular formula is C24H25N3O4S. The van der Waals surface area contributed by atoms with E-state index in [0.717, 1.165) is 47.4 Å². The second-order valence-electron chi connectivity index (χ2n) is 7.83. The average molecular weight is 452 g/mol. The number of hydrogen-bond acceptors (Lipinski definition) is 6. The molecule has 2 heterocycles. The fourth-order valence-corrected chi connectivity index (χ4v) is 5.56. The van der Waals surface area contributed by atoms with Crippen molar-refractivity contribution in [1.29, 1.82) is 0 Å². The van der Waals surface area contributed by atoms with Crippen LogP contribution < -0.4 is 11.1 Å². The van der Waals surface area contributed by atoms with Gasteiger partial charge in [-0.25, -0.2) is 4.79 Å². The van der Waals surface area contributed by atoms with Gasteiger partial charge in [-0.2, -0.15) is 0 Å². The Morgan fingerprint density at radius 2 is 1.91 bits per heavy atom. The normalized spacial score (nSPS) is 12.9. The summed E-state index contributed by atoms with van der Waals surface area (Å²) in [5.74, 6) is -1.64. The molecule has 0 unspecified atom stereocenters. The van der Waals surface area contributed by atoms with Crippen molar-refractivity contribution in [3.05, 3.63) is 57.1 Å². The summed E-state index contributed by atoms with van der Waals surface area (Å²) in [5.41, 5.74) is 9.59. The molecule has 1 aromatic carbocycles. The average Bonchev–Trinajstić information content (AvgIpc) is 3.15. The number of anilines is 1. The van der Waals surface area contributed by atoms with E-state index in [0.29, 0.717) is 33.5 Å². The van der Waals surface area contributed by atoms with Crippen molar-refractivity contribution in [2.24, 2.45) is 5.73 Å². The SMILES string of the molecule is CCc1nc2ccccc2c(C(=O)OCC(=O)Nc2sc3c(c2C(N)=O)CCCC3)c1C. The molecule has 0 atom stereocenters. The van der Waals surface area contributed by atoms with Gasteiger partial charge in [0.25, 0.3) is 11.8 Å². The minimum Gasteiger partial charge on any atom is -0.452 e. The number of thiophene rings is 1. The van der Waals surface area contributed by atoms with Gasteiger partial charge in [-0.3, -0.25) is 14.6 Å². The van der Waals surface area contributed by atoms with Gasteiger partial charge in [0.2, 0.25) is 0 Å². The molecule has 0 radical (unpaired) electrons. The zero-order valence-electron chi connectivity index (χ0n) is 18.1. The predicted molar refractivity (Wildman–Crippen MR) is 124 cm³/mol. The van der Waals surface area contributed by atoms with Crippen molar-refractivity contribution in [1.82, 2.24) is 4.98 Å². The van der Waals surface area contributed by atoms with Crippen LogP contribution in [0.1, 0.15) is 62.2 Å². The summed E-state index contributed by atoms with van der Waals surface area (Å²) in [4.78, 5) is 43.2. The van der Waals surface area contributed by atoms with Gasteiger partial charge in [0.05, 0.1) is 16.6 Å². The Kier molecular flexibility index (Phi) is 6.23. The largest absolute Gasteiger partial charge is 0.452 e. The number of amides is 2. The second kappa shape index (κ2) is 9.08. The lowest BCUT2D eigenvalue weighted by Gasteiger charge is -2.13. The Hall–Kier alpha value is -3.26. The number of nitrogens with two attached hydrogens (primary N) is 1. The van der Waals surface area contributed by atoms with E-state index in [4.69, 9.17) is 10.5 Å². The Balaban J connectivity index is 1.52. The molecule has 0 fully saturated rings. The number of esters is 1. The topological polar surface area (TPSA) is 111 Å². The quantitative estimate of drug-likeness (QED) is 0.552. The van der Waals surface area contributed by atoms with Gasteiger partial charge in [0.1, 0.15) is 5.00 Å². The first-order chi connectivity index (χ1) is 15.4. The first kappa shape index (κ1) is 22.0. The number of primary amides is 1. The van der Waals surface area contributed by atoms with Crippen molar-refractivity contribution >= 4 is 45.0 Å². The van der Waals surface area contributed by atoms with Crippen LogP contribution in [0.5, 0.6) is 0 Å². The van der Waals surface area contributed by atoms with E-state index >= 15 is 0 Å². The highest BCUT2D eigenvalue weighted by molar-refractivity contribution is 7.17. The number of rotatable bonds is 6. The summed E-state index contributed by atoms with van der Waals surface area (Å²) in [5, 5.41) is 3.84. The van der Waals surface area contributed by atoms with Crippen molar-refractivity contribution in [2.75, 3.05) is 11.9 Å². The van der Waals surface area contributed by atoms with Gasteiger partial charge in [-0.15, -0.1) is 11.3 Å². The third kappa shape index (κ3) is 4.10. The van der Waals surface area contributed by atoms with Crippen molar-refractivity contribution in [3.63, 3.8) is 0 Å². The van der Waals surface area contributed by atoms with Crippen molar-refractivity contribution in [3.8, 4) is 0 Å². The number of carbonyl (C=O) groups is 3. The van der Waals surface area contributed by atoms with Crippen LogP contribution in [0.25, 0.3) is 10.9 Å². The van der Waals surface area contributed by atoms with Gasteiger partial charge >= 0.3 is 5.97 Å². The van der Waals surface area contributed by atoms with E-state index in [9.17, 15) is 14.4 Å². The van der Waals surface area contributed by atoms with Gasteiger partial charge in [0, 0.05) is 16.0 Å². The van der Waals surface area contributed by atoms with Gasteiger partial charge in [-0.05, 0) is 56.2 Å². The molecule has 3 N–H and O–H groups in total. The van der Waals surface area contributed by atoms with Crippen molar-refractivity contribution in [2.45, 2.75) is 46.0 Å². The van der Waals surface area contributed by atoms with E-state index in [1.54, 1.807) is 0 Å². The Morgan fingerprint density at radius 3 is 2.66 bits per heavy atom. The molecule has 0 bridgehead atoms. The minimum atomic E-state index is -0.577. The summed E-state index contributed by atoms with van der Waals surface area (Å²) in [6.07, 6.45) is 4.38. The predicted octanol–water partition coefficient (Wildman–Crippen LogP) is 3.94. The lowest BCUT2D eigenvalue weighted by molar-refractivity contribution is -0.119. The van der Waals surface area contributed by atoms with Crippen LogP contribution in [-0.4, -0.2) is 29.4 Å². The number of pyridine rings is 1. The molecule has 2 amide bonds. The van der Waals surface area contributed by atoms with Crippen LogP contribution in [0, 0.1) is 6.92 Å². The molecule has 0 saturated heterocycles. The monoisotopic (exact) mass is 451 g/mol. The molecular weight excluding hydrogens is 426 g/mol. The third-order valence-corrected chi connectivity index (χ3v) is 6.99. The maximum absolute atomic E-state index is 12.9. The van der Waals surface area contributed by atoms with Crippen LogP contribution in [0.3, 0.4) is 0 Å².